The number of benzene rings is 1. The molecule has 0 radical (unpaired) electrons. The average Bonchev–Trinajstić information content (AvgIpc) is 2.92. The molecule has 0 atom stereocenters. The number of rotatable bonds is 6. The van der Waals surface area contributed by atoms with Gasteiger partial charge in [0.05, 0.1) is 12.4 Å². The first-order chi connectivity index (χ1) is 9.28. The predicted molar refractivity (Wildman–Crippen MR) is 81.5 cm³/mol. The first kappa shape index (κ1) is 14.1. The topological polar surface area (TPSA) is 49.3 Å². The minimum Gasteiger partial charge on any atom is -0.392 e. The fourth-order valence-corrected chi connectivity index (χ4v) is 3.25. The average molecular weight is 293 g/mol. The molecule has 0 aliphatic heterocycles. The second kappa shape index (κ2) is 7.33. The van der Waals surface area contributed by atoms with Crippen molar-refractivity contribution in [1.82, 2.24) is 0 Å². The van der Waals surface area contributed by atoms with Crippen LogP contribution in [0.2, 0.25) is 0 Å². The molecule has 5 heteroatoms. The van der Waals surface area contributed by atoms with Gasteiger partial charge in [0.15, 0.2) is 0 Å². The van der Waals surface area contributed by atoms with Crippen LogP contribution < -0.4 is 5.32 Å². The van der Waals surface area contributed by atoms with E-state index in [-0.39, 0.29) is 12.5 Å². The van der Waals surface area contributed by atoms with Gasteiger partial charge in [-0.3, -0.25) is 4.79 Å². The Bertz CT molecular complexity index is 526. The Hall–Kier alpha value is -1.30. The Labute approximate surface area is 120 Å². The van der Waals surface area contributed by atoms with Crippen LogP contribution in [-0.2, 0) is 17.2 Å². The van der Waals surface area contributed by atoms with Crippen molar-refractivity contribution in [2.75, 3.05) is 11.1 Å². The number of hydrogen-bond acceptors (Lipinski definition) is 4. The second-order valence-corrected chi connectivity index (χ2v) is 6.00. The molecule has 0 saturated carbocycles. The molecule has 0 fully saturated rings. The van der Waals surface area contributed by atoms with Gasteiger partial charge < -0.3 is 10.4 Å². The van der Waals surface area contributed by atoms with Gasteiger partial charge in [-0.2, -0.15) is 0 Å². The molecule has 1 amide bonds. The number of anilines is 1. The number of carbonyl (C=O) groups excluding carboxylic acids is 1. The summed E-state index contributed by atoms with van der Waals surface area (Å²) in [5.74, 6) is 1.28. The number of amides is 1. The minimum atomic E-state index is -0.0170. The summed E-state index contributed by atoms with van der Waals surface area (Å²) in [6.45, 7) is -0.0170. The third kappa shape index (κ3) is 4.70. The van der Waals surface area contributed by atoms with Gasteiger partial charge in [-0.15, -0.1) is 23.1 Å². The molecule has 0 saturated heterocycles. The predicted octanol–water partition coefficient (Wildman–Crippen LogP) is 3.11. The summed E-state index contributed by atoms with van der Waals surface area (Å²) in [5.41, 5.74) is 1.53. The van der Waals surface area contributed by atoms with Crippen LogP contribution in [0.5, 0.6) is 0 Å². The summed E-state index contributed by atoms with van der Waals surface area (Å²) in [5, 5.41) is 13.9. The van der Waals surface area contributed by atoms with Crippen LogP contribution in [0, 0.1) is 0 Å². The van der Waals surface area contributed by atoms with Crippen LogP contribution in [-0.4, -0.2) is 16.8 Å². The maximum atomic E-state index is 11.7. The lowest BCUT2D eigenvalue weighted by Gasteiger charge is -2.06. The first-order valence-corrected chi connectivity index (χ1v) is 7.91. The van der Waals surface area contributed by atoms with E-state index in [1.165, 1.54) is 4.88 Å². The minimum absolute atomic E-state index is 0.0170. The molecule has 0 bridgehead atoms. The number of aliphatic hydroxyl groups is 1. The number of thioether (sulfide) groups is 1. The number of hydrogen-bond donors (Lipinski definition) is 2. The SMILES string of the molecule is O=C(CSCc1cccs1)Nc1cccc(CO)c1. The van der Waals surface area contributed by atoms with E-state index < -0.39 is 0 Å². The van der Waals surface area contributed by atoms with Gasteiger partial charge in [-0.05, 0) is 29.1 Å². The lowest BCUT2D eigenvalue weighted by Crippen LogP contribution is -2.14. The highest BCUT2D eigenvalue weighted by Gasteiger charge is 2.04. The molecule has 100 valence electrons. The molecule has 2 aromatic rings. The fourth-order valence-electron chi connectivity index (χ4n) is 1.58. The molecule has 0 spiro atoms. The zero-order valence-electron chi connectivity index (χ0n) is 10.3. The summed E-state index contributed by atoms with van der Waals surface area (Å²) in [6.07, 6.45) is 0. The molecular formula is C14H15NO2S2. The molecule has 1 heterocycles. The number of aliphatic hydroxyl groups excluding tert-OH is 1. The molecule has 19 heavy (non-hydrogen) atoms. The molecule has 1 aromatic heterocycles. The second-order valence-electron chi connectivity index (χ2n) is 3.98. The Kier molecular flexibility index (Phi) is 5.44. The monoisotopic (exact) mass is 293 g/mol. The summed E-state index contributed by atoms with van der Waals surface area (Å²) in [6, 6.07) is 11.3. The maximum absolute atomic E-state index is 11.7. The molecule has 2 rings (SSSR count). The Morgan fingerprint density at radius 2 is 2.21 bits per heavy atom. The molecule has 0 aliphatic carbocycles. The lowest BCUT2D eigenvalue weighted by molar-refractivity contribution is -0.113. The van der Waals surface area contributed by atoms with Crippen molar-refractivity contribution < 1.29 is 9.90 Å². The van der Waals surface area contributed by atoms with Crippen LogP contribution in [0.4, 0.5) is 5.69 Å². The van der Waals surface area contributed by atoms with Gasteiger partial charge in [-0.25, -0.2) is 0 Å². The van der Waals surface area contributed by atoms with Crippen molar-refractivity contribution in [3.05, 3.63) is 52.2 Å². The van der Waals surface area contributed by atoms with Crippen LogP contribution in [0.3, 0.4) is 0 Å². The first-order valence-electron chi connectivity index (χ1n) is 5.87. The van der Waals surface area contributed by atoms with Crippen molar-refractivity contribution in [2.24, 2.45) is 0 Å². The van der Waals surface area contributed by atoms with Gasteiger partial charge in [-0.1, -0.05) is 18.2 Å². The van der Waals surface area contributed by atoms with Crippen molar-refractivity contribution in [3.63, 3.8) is 0 Å². The van der Waals surface area contributed by atoms with E-state index in [9.17, 15) is 4.79 Å². The Balaban J connectivity index is 1.77. The lowest BCUT2D eigenvalue weighted by atomic mass is 10.2. The zero-order chi connectivity index (χ0) is 13.5. The highest BCUT2D eigenvalue weighted by atomic mass is 32.2. The van der Waals surface area contributed by atoms with Crippen LogP contribution in [0.15, 0.2) is 41.8 Å². The molecular weight excluding hydrogens is 278 g/mol. The standard InChI is InChI=1S/C14H15NO2S2/c16-8-11-3-1-4-12(7-11)15-14(17)10-18-9-13-5-2-6-19-13/h1-7,16H,8-10H2,(H,15,17). The number of carbonyl (C=O) groups is 1. The van der Waals surface area contributed by atoms with E-state index in [1.807, 2.05) is 29.6 Å². The van der Waals surface area contributed by atoms with Gasteiger partial charge >= 0.3 is 0 Å². The molecule has 2 N–H and O–H groups in total. The van der Waals surface area contributed by atoms with Crippen molar-refractivity contribution in [2.45, 2.75) is 12.4 Å². The third-order valence-electron chi connectivity index (χ3n) is 2.45. The van der Waals surface area contributed by atoms with Crippen molar-refractivity contribution >= 4 is 34.7 Å². The van der Waals surface area contributed by atoms with Gasteiger partial charge in [0.1, 0.15) is 0 Å². The molecule has 3 nitrogen and oxygen atoms in total. The quantitative estimate of drug-likeness (QED) is 0.860. The van der Waals surface area contributed by atoms with Crippen molar-refractivity contribution in [3.8, 4) is 0 Å². The highest BCUT2D eigenvalue weighted by molar-refractivity contribution is 7.99. The Morgan fingerprint density at radius 3 is 2.95 bits per heavy atom. The molecule has 0 aliphatic rings. The van der Waals surface area contributed by atoms with Gasteiger partial charge in [0, 0.05) is 16.3 Å². The van der Waals surface area contributed by atoms with Crippen LogP contribution >= 0.6 is 23.1 Å². The van der Waals surface area contributed by atoms with Gasteiger partial charge in [0.2, 0.25) is 5.91 Å². The van der Waals surface area contributed by atoms with E-state index in [4.69, 9.17) is 5.11 Å². The largest absolute Gasteiger partial charge is 0.392 e. The van der Waals surface area contributed by atoms with Crippen LogP contribution in [0.25, 0.3) is 0 Å². The zero-order valence-corrected chi connectivity index (χ0v) is 12.0. The molecule has 1 aromatic carbocycles. The summed E-state index contributed by atoms with van der Waals surface area (Å²) < 4.78 is 0. The highest BCUT2D eigenvalue weighted by Crippen LogP contribution is 2.17. The van der Waals surface area contributed by atoms with E-state index in [0.717, 1.165) is 17.0 Å². The third-order valence-corrected chi connectivity index (χ3v) is 4.49. The Morgan fingerprint density at radius 1 is 1.32 bits per heavy atom. The number of nitrogens with one attached hydrogen (secondary N) is 1. The van der Waals surface area contributed by atoms with E-state index >= 15 is 0 Å². The van der Waals surface area contributed by atoms with Crippen molar-refractivity contribution in [1.29, 1.82) is 0 Å². The van der Waals surface area contributed by atoms with E-state index in [0.29, 0.717) is 5.75 Å². The van der Waals surface area contributed by atoms with Crippen LogP contribution in [0.1, 0.15) is 10.4 Å². The van der Waals surface area contributed by atoms with Gasteiger partial charge in [0.25, 0.3) is 0 Å². The molecule has 0 unspecified atom stereocenters. The summed E-state index contributed by atoms with van der Waals surface area (Å²) in [4.78, 5) is 13.0. The van der Waals surface area contributed by atoms with E-state index in [2.05, 4.69) is 11.4 Å². The summed E-state index contributed by atoms with van der Waals surface area (Å²) in [7, 11) is 0. The fraction of sp³-hybridized carbons (Fsp3) is 0.214. The normalized spacial score (nSPS) is 10.4. The maximum Gasteiger partial charge on any atom is 0.234 e. The smallest absolute Gasteiger partial charge is 0.234 e. The number of thiophene rings is 1. The van der Waals surface area contributed by atoms with E-state index in [1.54, 1.807) is 29.2 Å². The summed E-state index contributed by atoms with van der Waals surface area (Å²) >= 11 is 3.30.